The first-order valence-electron chi connectivity index (χ1n) is 12.9. The summed E-state index contributed by atoms with van der Waals surface area (Å²) in [6, 6.07) is 22.1. The predicted molar refractivity (Wildman–Crippen MR) is 157 cm³/mol. The molecular formula is C29H35N3O4S2. The lowest BCUT2D eigenvalue weighted by molar-refractivity contribution is 0.0977. The minimum absolute atomic E-state index is 0.109. The molecule has 0 spiro atoms. The molecule has 0 bridgehead atoms. The molecule has 3 aromatic rings. The van der Waals surface area contributed by atoms with Crippen LogP contribution in [0.15, 0.2) is 83.8 Å². The maximum Gasteiger partial charge on any atom is 0.264 e. The number of hydrogen-bond donors (Lipinski definition) is 2. The highest BCUT2D eigenvalue weighted by Crippen LogP contribution is 2.24. The van der Waals surface area contributed by atoms with E-state index >= 15 is 0 Å². The monoisotopic (exact) mass is 553 g/mol. The third kappa shape index (κ3) is 8.29. The highest BCUT2D eigenvalue weighted by Gasteiger charge is 2.23. The number of unbranched alkanes of at least 4 members (excludes halogenated alkanes) is 4. The van der Waals surface area contributed by atoms with Gasteiger partial charge in [-0.2, -0.15) is 0 Å². The van der Waals surface area contributed by atoms with E-state index in [1.807, 2.05) is 6.07 Å². The number of carbonyl (C=O) groups excluding carboxylic acids is 1. The van der Waals surface area contributed by atoms with Crippen LogP contribution in [0.4, 0.5) is 11.4 Å². The summed E-state index contributed by atoms with van der Waals surface area (Å²) in [5.74, 6) is 0.371. The number of benzene rings is 3. The molecule has 0 saturated heterocycles. The van der Waals surface area contributed by atoms with Crippen LogP contribution in [0.2, 0.25) is 0 Å². The Kier molecular flexibility index (Phi) is 11.1. The van der Waals surface area contributed by atoms with Crippen LogP contribution in [-0.2, 0) is 10.0 Å². The van der Waals surface area contributed by atoms with E-state index in [0.717, 1.165) is 18.6 Å². The molecule has 0 unspecified atom stereocenters. The minimum Gasteiger partial charge on any atom is -0.494 e. The average Bonchev–Trinajstić information content (AvgIpc) is 2.92. The summed E-state index contributed by atoms with van der Waals surface area (Å²) in [6.45, 7) is 4.94. The van der Waals surface area contributed by atoms with Crippen molar-refractivity contribution in [1.29, 1.82) is 0 Å². The van der Waals surface area contributed by atoms with Gasteiger partial charge in [-0.3, -0.25) is 14.4 Å². The molecule has 3 aromatic carbocycles. The van der Waals surface area contributed by atoms with Gasteiger partial charge < -0.3 is 10.1 Å². The number of para-hydroxylation sites is 1. The summed E-state index contributed by atoms with van der Waals surface area (Å²) < 4.78 is 33.4. The summed E-state index contributed by atoms with van der Waals surface area (Å²) in [5.41, 5.74) is 1.61. The highest BCUT2D eigenvalue weighted by molar-refractivity contribution is 7.92. The molecular weight excluding hydrogens is 518 g/mol. The van der Waals surface area contributed by atoms with Crippen LogP contribution >= 0.6 is 12.2 Å². The van der Waals surface area contributed by atoms with Crippen molar-refractivity contribution in [2.24, 2.45) is 0 Å². The second-order valence-corrected chi connectivity index (χ2v) is 11.0. The maximum absolute atomic E-state index is 13.1. The van der Waals surface area contributed by atoms with E-state index in [0.29, 0.717) is 30.1 Å². The van der Waals surface area contributed by atoms with E-state index in [4.69, 9.17) is 17.0 Å². The van der Waals surface area contributed by atoms with Crippen molar-refractivity contribution in [2.45, 2.75) is 50.8 Å². The van der Waals surface area contributed by atoms with E-state index in [1.165, 1.54) is 35.7 Å². The third-order valence-corrected chi connectivity index (χ3v) is 8.01. The standard InChI is InChI=1S/C29H35N3O4S2/c1-3-5-6-7-11-22-36-26-18-14-23(15-19-26)28(33)31-29(37)30-24-16-20-27(21-17-24)38(34,35)32(4-2)25-12-9-8-10-13-25/h8-10,12-21H,3-7,11,22H2,1-2H3,(H2,30,31,33,37). The Hall–Kier alpha value is -3.43. The zero-order valence-corrected chi connectivity index (χ0v) is 23.5. The first kappa shape index (κ1) is 29.1. The number of amides is 1. The van der Waals surface area contributed by atoms with Gasteiger partial charge in [0, 0.05) is 17.8 Å². The Balaban J connectivity index is 1.52. The SMILES string of the molecule is CCCCCCCOc1ccc(C(=O)NC(=S)Nc2ccc(S(=O)(=O)N(CC)c3ccccc3)cc2)cc1. The lowest BCUT2D eigenvalue weighted by atomic mass is 10.2. The van der Waals surface area contributed by atoms with Gasteiger partial charge >= 0.3 is 0 Å². The maximum atomic E-state index is 13.1. The first-order valence-corrected chi connectivity index (χ1v) is 14.7. The molecule has 0 fully saturated rings. The summed E-state index contributed by atoms with van der Waals surface area (Å²) in [7, 11) is -3.73. The number of nitrogens with one attached hydrogen (secondary N) is 2. The highest BCUT2D eigenvalue weighted by atomic mass is 32.2. The number of nitrogens with zero attached hydrogens (tertiary/aromatic N) is 1. The third-order valence-electron chi connectivity index (χ3n) is 5.89. The molecule has 38 heavy (non-hydrogen) atoms. The Bertz CT molecular complexity index is 1280. The Morgan fingerprint density at radius 3 is 2.16 bits per heavy atom. The van der Waals surface area contributed by atoms with Crippen LogP contribution in [0.5, 0.6) is 5.75 Å². The normalized spacial score (nSPS) is 11.0. The van der Waals surface area contributed by atoms with Crippen LogP contribution in [-0.4, -0.2) is 32.6 Å². The average molecular weight is 554 g/mol. The van der Waals surface area contributed by atoms with Gasteiger partial charge in [0.15, 0.2) is 5.11 Å². The summed E-state index contributed by atoms with van der Waals surface area (Å²) in [4.78, 5) is 12.7. The molecule has 9 heteroatoms. The quantitative estimate of drug-likeness (QED) is 0.189. The summed E-state index contributed by atoms with van der Waals surface area (Å²) >= 11 is 5.28. The molecule has 0 aliphatic heterocycles. The second kappa shape index (κ2) is 14.5. The van der Waals surface area contributed by atoms with E-state index < -0.39 is 10.0 Å². The predicted octanol–water partition coefficient (Wildman–Crippen LogP) is 6.38. The Morgan fingerprint density at radius 2 is 1.53 bits per heavy atom. The fraction of sp³-hybridized carbons (Fsp3) is 0.310. The first-order chi connectivity index (χ1) is 18.3. The molecule has 0 radical (unpaired) electrons. The molecule has 0 heterocycles. The van der Waals surface area contributed by atoms with Crippen LogP contribution in [0.25, 0.3) is 0 Å². The molecule has 2 N–H and O–H groups in total. The van der Waals surface area contributed by atoms with Crippen molar-refractivity contribution in [1.82, 2.24) is 5.32 Å². The van der Waals surface area contributed by atoms with Gasteiger partial charge in [0.05, 0.1) is 17.2 Å². The smallest absolute Gasteiger partial charge is 0.264 e. The van der Waals surface area contributed by atoms with E-state index in [-0.39, 0.29) is 15.9 Å². The van der Waals surface area contributed by atoms with Crippen LogP contribution in [0.3, 0.4) is 0 Å². The van der Waals surface area contributed by atoms with Gasteiger partial charge in [-0.1, -0.05) is 50.8 Å². The molecule has 0 aliphatic rings. The lowest BCUT2D eigenvalue weighted by Crippen LogP contribution is -2.34. The van der Waals surface area contributed by atoms with Gasteiger partial charge in [0.2, 0.25) is 0 Å². The van der Waals surface area contributed by atoms with Crippen molar-refractivity contribution in [2.75, 3.05) is 22.8 Å². The minimum atomic E-state index is -3.73. The fourth-order valence-corrected chi connectivity index (χ4v) is 5.54. The molecule has 1 amide bonds. The molecule has 3 rings (SSSR count). The van der Waals surface area contributed by atoms with Gasteiger partial charge in [0.25, 0.3) is 15.9 Å². The van der Waals surface area contributed by atoms with Crippen molar-refractivity contribution in [3.8, 4) is 5.75 Å². The molecule has 0 aliphatic carbocycles. The van der Waals surface area contributed by atoms with E-state index in [2.05, 4.69) is 17.6 Å². The van der Waals surface area contributed by atoms with Gasteiger partial charge in [-0.15, -0.1) is 0 Å². The Morgan fingerprint density at radius 1 is 0.868 bits per heavy atom. The van der Waals surface area contributed by atoms with Crippen molar-refractivity contribution < 1.29 is 17.9 Å². The number of ether oxygens (including phenoxy) is 1. The van der Waals surface area contributed by atoms with E-state index in [1.54, 1.807) is 67.6 Å². The number of sulfonamides is 1. The van der Waals surface area contributed by atoms with Crippen LogP contribution in [0, 0.1) is 0 Å². The van der Waals surface area contributed by atoms with Gasteiger partial charge in [-0.05, 0) is 86.2 Å². The molecule has 0 atom stereocenters. The summed E-state index contributed by atoms with van der Waals surface area (Å²) in [6.07, 6.45) is 5.86. The molecule has 7 nitrogen and oxygen atoms in total. The van der Waals surface area contributed by atoms with Crippen molar-refractivity contribution >= 4 is 44.6 Å². The van der Waals surface area contributed by atoms with Crippen molar-refractivity contribution in [3.63, 3.8) is 0 Å². The summed E-state index contributed by atoms with van der Waals surface area (Å²) in [5, 5.41) is 5.68. The molecule has 202 valence electrons. The molecule has 0 aromatic heterocycles. The number of carbonyl (C=O) groups is 1. The van der Waals surface area contributed by atoms with Crippen molar-refractivity contribution in [3.05, 3.63) is 84.4 Å². The van der Waals surface area contributed by atoms with Crippen LogP contribution < -0.4 is 19.7 Å². The zero-order chi connectivity index (χ0) is 27.4. The molecule has 0 saturated carbocycles. The zero-order valence-electron chi connectivity index (χ0n) is 21.9. The van der Waals surface area contributed by atoms with Gasteiger partial charge in [0.1, 0.15) is 5.75 Å². The second-order valence-electron chi connectivity index (χ2n) is 8.73. The number of thiocarbonyl (C=S) groups is 1. The lowest BCUT2D eigenvalue weighted by Gasteiger charge is -2.23. The van der Waals surface area contributed by atoms with Crippen LogP contribution in [0.1, 0.15) is 56.3 Å². The Labute approximate surface area is 231 Å². The number of hydrogen-bond acceptors (Lipinski definition) is 5. The number of anilines is 2. The fourth-order valence-electron chi connectivity index (χ4n) is 3.86. The largest absolute Gasteiger partial charge is 0.494 e. The van der Waals surface area contributed by atoms with E-state index in [9.17, 15) is 13.2 Å². The topological polar surface area (TPSA) is 87.7 Å². The number of rotatable bonds is 13. The van der Waals surface area contributed by atoms with Gasteiger partial charge in [-0.25, -0.2) is 8.42 Å².